The van der Waals surface area contributed by atoms with Crippen LogP contribution in [0.2, 0.25) is 0 Å². The Morgan fingerprint density at radius 1 is 1.37 bits per heavy atom. The third-order valence-electron chi connectivity index (χ3n) is 3.73. The predicted octanol–water partition coefficient (Wildman–Crippen LogP) is 3.77. The number of rotatable bonds is 7. The molecule has 0 bridgehead atoms. The van der Waals surface area contributed by atoms with Crippen molar-refractivity contribution in [2.45, 2.75) is 52.0 Å². The van der Waals surface area contributed by atoms with Crippen molar-refractivity contribution in [1.29, 1.82) is 0 Å². The molecule has 2 rings (SSSR count). The summed E-state index contributed by atoms with van der Waals surface area (Å²) in [6.07, 6.45) is 7.59. The Hall–Kier alpha value is -0.870. The van der Waals surface area contributed by atoms with Crippen LogP contribution in [0.25, 0.3) is 0 Å². The molecule has 0 radical (unpaired) electrons. The van der Waals surface area contributed by atoms with Crippen molar-refractivity contribution in [2.24, 2.45) is 0 Å². The second-order valence-corrected chi connectivity index (χ2v) is 6.44. The van der Waals surface area contributed by atoms with Gasteiger partial charge in [0, 0.05) is 18.0 Å². The zero-order valence-electron chi connectivity index (χ0n) is 11.7. The van der Waals surface area contributed by atoms with Gasteiger partial charge in [-0.25, -0.2) is 4.79 Å². The molecule has 0 spiro atoms. The first-order chi connectivity index (χ1) is 9.20. The van der Waals surface area contributed by atoms with E-state index in [2.05, 4.69) is 11.8 Å². The quantitative estimate of drug-likeness (QED) is 0.773. The van der Waals surface area contributed by atoms with Gasteiger partial charge in [0.25, 0.3) is 0 Å². The molecule has 2 heterocycles. The highest BCUT2D eigenvalue weighted by atomic mass is 32.1. The van der Waals surface area contributed by atoms with Crippen molar-refractivity contribution in [3.63, 3.8) is 0 Å². The van der Waals surface area contributed by atoms with Crippen LogP contribution in [0.3, 0.4) is 0 Å². The summed E-state index contributed by atoms with van der Waals surface area (Å²) in [5.41, 5.74) is 1.24. The summed E-state index contributed by atoms with van der Waals surface area (Å²) < 4.78 is 0. The van der Waals surface area contributed by atoms with E-state index in [1.54, 1.807) is 0 Å². The Morgan fingerprint density at radius 3 is 2.89 bits per heavy atom. The lowest BCUT2D eigenvalue weighted by atomic mass is 10.1. The highest BCUT2D eigenvalue weighted by Crippen LogP contribution is 2.28. The van der Waals surface area contributed by atoms with Crippen LogP contribution in [0.15, 0.2) is 6.07 Å². The van der Waals surface area contributed by atoms with Gasteiger partial charge >= 0.3 is 5.97 Å². The monoisotopic (exact) mass is 281 g/mol. The molecule has 1 aromatic heterocycles. The molecule has 0 saturated heterocycles. The standard InChI is InChI=1S/C15H23NO2S/c1-2-3-4-5-6-8-16-9-7-13-12(11-16)10-14(19-13)15(17)18/h10H,2-9,11H2,1H3,(H,17,18). The van der Waals surface area contributed by atoms with Crippen molar-refractivity contribution in [3.05, 3.63) is 21.4 Å². The van der Waals surface area contributed by atoms with Gasteiger partial charge in [-0.3, -0.25) is 4.90 Å². The van der Waals surface area contributed by atoms with Crippen LogP contribution >= 0.6 is 11.3 Å². The van der Waals surface area contributed by atoms with Crippen LogP contribution in [-0.4, -0.2) is 29.1 Å². The number of aromatic carboxylic acids is 1. The minimum Gasteiger partial charge on any atom is -0.477 e. The molecule has 0 fully saturated rings. The first-order valence-corrected chi connectivity index (χ1v) is 8.09. The van der Waals surface area contributed by atoms with Crippen LogP contribution in [0.1, 0.15) is 59.1 Å². The first kappa shape index (κ1) is 14.5. The molecule has 0 saturated carbocycles. The molecule has 0 aliphatic carbocycles. The number of thiophene rings is 1. The lowest BCUT2D eigenvalue weighted by Crippen LogP contribution is -2.30. The number of carboxylic acid groups (broad SMARTS) is 1. The fraction of sp³-hybridized carbons (Fsp3) is 0.667. The fourth-order valence-electron chi connectivity index (χ4n) is 2.63. The average molecular weight is 281 g/mol. The lowest BCUT2D eigenvalue weighted by molar-refractivity contribution is 0.0702. The van der Waals surface area contributed by atoms with Gasteiger partial charge in [0.15, 0.2) is 0 Å². The summed E-state index contributed by atoms with van der Waals surface area (Å²) in [6, 6.07) is 1.87. The van der Waals surface area contributed by atoms with E-state index >= 15 is 0 Å². The van der Waals surface area contributed by atoms with Crippen LogP contribution in [-0.2, 0) is 13.0 Å². The third-order valence-corrected chi connectivity index (χ3v) is 4.96. The van der Waals surface area contributed by atoms with E-state index in [0.29, 0.717) is 4.88 Å². The Bertz CT molecular complexity index is 428. The third kappa shape index (κ3) is 4.05. The summed E-state index contributed by atoms with van der Waals surface area (Å²) in [5.74, 6) is -0.787. The summed E-state index contributed by atoms with van der Waals surface area (Å²) in [7, 11) is 0. The predicted molar refractivity (Wildman–Crippen MR) is 79.0 cm³/mol. The fourth-order valence-corrected chi connectivity index (χ4v) is 3.63. The minimum atomic E-state index is -0.787. The van der Waals surface area contributed by atoms with Crippen molar-refractivity contribution in [2.75, 3.05) is 13.1 Å². The van der Waals surface area contributed by atoms with Crippen LogP contribution in [0.5, 0.6) is 0 Å². The second kappa shape index (κ2) is 7.06. The molecule has 19 heavy (non-hydrogen) atoms. The number of nitrogens with zero attached hydrogens (tertiary/aromatic N) is 1. The smallest absolute Gasteiger partial charge is 0.345 e. The SMILES string of the molecule is CCCCCCCN1CCc2sc(C(=O)O)cc2C1. The molecule has 0 aromatic carbocycles. The highest BCUT2D eigenvalue weighted by molar-refractivity contribution is 7.14. The molecule has 0 amide bonds. The summed E-state index contributed by atoms with van der Waals surface area (Å²) in [4.78, 5) is 15.2. The molecule has 106 valence electrons. The normalized spacial score (nSPS) is 15.4. The zero-order valence-corrected chi connectivity index (χ0v) is 12.5. The number of fused-ring (bicyclic) bond motifs is 1. The second-order valence-electron chi connectivity index (χ2n) is 5.30. The van der Waals surface area contributed by atoms with Crippen LogP contribution < -0.4 is 0 Å². The molecule has 1 aliphatic heterocycles. The number of unbranched alkanes of at least 4 members (excludes halogenated alkanes) is 4. The Labute approximate surface area is 119 Å². The van der Waals surface area contributed by atoms with Gasteiger partial charge in [-0.2, -0.15) is 0 Å². The maximum Gasteiger partial charge on any atom is 0.345 e. The van der Waals surface area contributed by atoms with Gasteiger partial charge in [0.2, 0.25) is 0 Å². The van der Waals surface area contributed by atoms with Gasteiger partial charge in [0.05, 0.1) is 0 Å². The van der Waals surface area contributed by atoms with E-state index in [9.17, 15) is 4.79 Å². The molecule has 0 atom stereocenters. The number of carboxylic acids is 1. The number of hydrogen-bond acceptors (Lipinski definition) is 3. The zero-order chi connectivity index (χ0) is 13.7. The van der Waals surface area contributed by atoms with Gasteiger partial charge in [-0.1, -0.05) is 32.6 Å². The molecular weight excluding hydrogens is 258 g/mol. The van der Waals surface area contributed by atoms with Gasteiger partial charge < -0.3 is 5.11 Å². The summed E-state index contributed by atoms with van der Waals surface area (Å²) in [5, 5.41) is 9.02. The topological polar surface area (TPSA) is 40.5 Å². The van der Waals surface area contributed by atoms with E-state index in [1.807, 2.05) is 6.07 Å². The molecule has 1 N–H and O–H groups in total. The van der Waals surface area contributed by atoms with E-state index < -0.39 is 5.97 Å². The van der Waals surface area contributed by atoms with Crippen molar-refractivity contribution < 1.29 is 9.90 Å². The van der Waals surface area contributed by atoms with Crippen LogP contribution in [0, 0.1) is 0 Å². The number of hydrogen-bond donors (Lipinski definition) is 1. The maximum atomic E-state index is 11.0. The summed E-state index contributed by atoms with van der Waals surface area (Å²) in [6.45, 7) is 5.41. The Kier molecular flexibility index (Phi) is 5.40. The summed E-state index contributed by atoms with van der Waals surface area (Å²) >= 11 is 1.45. The molecular formula is C15H23NO2S. The largest absolute Gasteiger partial charge is 0.477 e. The van der Waals surface area contributed by atoms with E-state index in [4.69, 9.17) is 5.11 Å². The highest BCUT2D eigenvalue weighted by Gasteiger charge is 2.20. The number of carbonyl (C=O) groups is 1. The first-order valence-electron chi connectivity index (χ1n) is 7.28. The minimum absolute atomic E-state index is 0.495. The van der Waals surface area contributed by atoms with Crippen LogP contribution in [0.4, 0.5) is 0 Å². The Balaban J connectivity index is 1.79. The van der Waals surface area contributed by atoms with E-state index in [1.165, 1.54) is 53.9 Å². The van der Waals surface area contributed by atoms with Gasteiger partial charge in [-0.15, -0.1) is 11.3 Å². The molecule has 4 heteroatoms. The molecule has 3 nitrogen and oxygen atoms in total. The lowest BCUT2D eigenvalue weighted by Gasteiger charge is -2.26. The molecule has 0 unspecified atom stereocenters. The van der Waals surface area contributed by atoms with Gasteiger partial charge in [0.1, 0.15) is 4.88 Å². The maximum absolute atomic E-state index is 11.0. The van der Waals surface area contributed by atoms with Crippen molar-refractivity contribution >= 4 is 17.3 Å². The van der Waals surface area contributed by atoms with Crippen molar-refractivity contribution in [1.82, 2.24) is 4.90 Å². The van der Waals surface area contributed by atoms with E-state index in [0.717, 1.165) is 26.1 Å². The van der Waals surface area contributed by atoms with Gasteiger partial charge in [-0.05, 0) is 31.0 Å². The van der Waals surface area contributed by atoms with Crippen molar-refractivity contribution in [3.8, 4) is 0 Å². The Morgan fingerprint density at radius 2 is 2.16 bits per heavy atom. The molecule has 1 aromatic rings. The average Bonchev–Trinajstić information content (AvgIpc) is 2.82. The van der Waals surface area contributed by atoms with E-state index in [-0.39, 0.29) is 0 Å². The molecule has 1 aliphatic rings.